The van der Waals surface area contributed by atoms with E-state index in [4.69, 9.17) is 4.74 Å². The van der Waals surface area contributed by atoms with Gasteiger partial charge in [0, 0.05) is 6.08 Å². The van der Waals surface area contributed by atoms with Gasteiger partial charge in [0.25, 0.3) is 0 Å². The summed E-state index contributed by atoms with van der Waals surface area (Å²) in [5.74, 6) is 0.553. The molecule has 2 aromatic rings. The van der Waals surface area contributed by atoms with E-state index in [1.807, 2.05) is 38.1 Å². The zero-order valence-electron chi connectivity index (χ0n) is 12.7. The molecule has 2 aromatic carbocycles. The number of aryl methyl sites for hydroxylation is 1. The van der Waals surface area contributed by atoms with Gasteiger partial charge in [-0.25, -0.2) is 0 Å². The van der Waals surface area contributed by atoms with E-state index in [2.05, 4.69) is 5.32 Å². The minimum Gasteiger partial charge on any atom is -0.506 e. The van der Waals surface area contributed by atoms with Crippen molar-refractivity contribution in [3.05, 3.63) is 59.7 Å². The second-order valence-corrected chi connectivity index (χ2v) is 4.85. The van der Waals surface area contributed by atoms with Crippen molar-refractivity contribution in [3.63, 3.8) is 0 Å². The Morgan fingerprint density at radius 1 is 1.23 bits per heavy atom. The second-order valence-electron chi connectivity index (χ2n) is 4.85. The lowest BCUT2D eigenvalue weighted by Crippen LogP contribution is -2.08. The third kappa shape index (κ3) is 4.38. The quantitative estimate of drug-likeness (QED) is 0.652. The molecule has 2 rings (SSSR count). The smallest absolute Gasteiger partial charge is 0.248 e. The lowest BCUT2D eigenvalue weighted by Gasteiger charge is -2.06. The second kappa shape index (κ2) is 7.31. The van der Waals surface area contributed by atoms with E-state index in [1.54, 1.807) is 24.3 Å². The van der Waals surface area contributed by atoms with E-state index < -0.39 is 0 Å². The summed E-state index contributed by atoms with van der Waals surface area (Å²) in [6.07, 6.45) is 3.13. The van der Waals surface area contributed by atoms with Gasteiger partial charge in [-0.05, 0) is 55.3 Å². The molecule has 0 spiro atoms. The lowest BCUT2D eigenvalue weighted by molar-refractivity contribution is -0.111. The van der Waals surface area contributed by atoms with Crippen LogP contribution in [0.1, 0.15) is 18.1 Å². The zero-order chi connectivity index (χ0) is 15.9. The lowest BCUT2D eigenvalue weighted by atomic mass is 10.2. The highest BCUT2D eigenvalue weighted by molar-refractivity contribution is 6.02. The molecule has 0 heterocycles. The summed E-state index contributed by atoms with van der Waals surface area (Å²) in [6.45, 7) is 4.45. The number of rotatable bonds is 5. The molecule has 1 amide bonds. The molecule has 114 valence electrons. The van der Waals surface area contributed by atoms with E-state index in [0.717, 1.165) is 16.9 Å². The van der Waals surface area contributed by atoms with Gasteiger partial charge in [-0.1, -0.05) is 18.2 Å². The average molecular weight is 297 g/mol. The van der Waals surface area contributed by atoms with Gasteiger partial charge in [-0.2, -0.15) is 0 Å². The number of anilines is 1. The summed E-state index contributed by atoms with van der Waals surface area (Å²) in [6, 6.07) is 12.5. The van der Waals surface area contributed by atoms with Crippen molar-refractivity contribution in [2.75, 3.05) is 11.9 Å². The Labute approximate surface area is 130 Å². The maximum absolute atomic E-state index is 11.9. The summed E-state index contributed by atoms with van der Waals surface area (Å²) in [5, 5.41) is 12.3. The number of benzene rings is 2. The molecular weight excluding hydrogens is 278 g/mol. The molecule has 0 atom stereocenters. The van der Waals surface area contributed by atoms with Crippen LogP contribution in [0.15, 0.2) is 48.5 Å². The molecular formula is C18H19NO3. The van der Waals surface area contributed by atoms with Crippen molar-refractivity contribution in [1.82, 2.24) is 0 Å². The summed E-state index contributed by atoms with van der Waals surface area (Å²) >= 11 is 0. The van der Waals surface area contributed by atoms with Crippen molar-refractivity contribution < 1.29 is 14.6 Å². The van der Waals surface area contributed by atoms with E-state index in [1.165, 1.54) is 6.08 Å². The Hall–Kier alpha value is -2.75. The Kier molecular flexibility index (Phi) is 5.20. The molecule has 4 heteroatoms. The molecule has 0 radical (unpaired) electrons. The maximum Gasteiger partial charge on any atom is 0.248 e. The molecule has 0 aliphatic carbocycles. The Morgan fingerprint density at radius 3 is 2.64 bits per heavy atom. The molecule has 22 heavy (non-hydrogen) atoms. The average Bonchev–Trinajstić information content (AvgIpc) is 2.51. The zero-order valence-corrected chi connectivity index (χ0v) is 12.7. The van der Waals surface area contributed by atoms with E-state index in [0.29, 0.717) is 12.3 Å². The minimum atomic E-state index is -0.296. The van der Waals surface area contributed by atoms with E-state index in [9.17, 15) is 9.90 Å². The van der Waals surface area contributed by atoms with Crippen LogP contribution in [0.3, 0.4) is 0 Å². The van der Waals surface area contributed by atoms with Crippen LogP contribution in [0.2, 0.25) is 0 Å². The number of phenols is 1. The topological polar surface area (TPSA) is 58.6 Å². The van der Waals surface area contributed by atoms with Crippen molar-refractivity contribution in [2.24, 2.45) is 0 Å². The number of ether oxygens (including phenoxy) is 1. The summed E-state index contributed by atoms with van der Waals surface area (Å²) in [5.41, 5.74) is 2.26. The molecule has 0 fully saturated rings. The number of amides is 1. The fraction of sp³-hybridized carbons (Fsp3) is 0.167. The molecule has 4 nitrogen and oxygen atoms in total. The third-order valence-corrected chi connectivity index (χ3v) is 3.03. The first-order valence-electron chi connectivity index (χ1n) is 7.10. The third-order valence-electron chi connectivity index (χ3n) is 3.03. The summed E-state index contributed by atoms with van der Waals surface area (Å²) in [7, 11) is 0. The first kappa shape index (κ1) is 15.6. The first-order chi connectivity index (χ1) is 10.6. The van der Waals surface area contributed by atoms with Crippen LogP contribution in [-0.4, -0.2) is 17.6 Å². The number of phenolic OH excluding ortho intramolecular Hbond substituents is 1. The van der Waals surface area contributed by atoms with Crippen LogP contribution < -0.4 is 10.1 Å². The molecule has 0 aliphatic rings. The van der Waals surface area contributed by atoms with Gasteiger partial charge in [0.1, 0.15) is 11.5 Å². The number of carbonyl (C=O) groups is 1. The monoisotopic (exact) mass is 297 g/mol. The molecule has 0 saturated carbocycles. The van der Waals surface area contributed by atoms with E-state index >= 15 is 0 Å². The maximum atomic E-state index is 11.9. The number of aromatic hydroxyl groups is 1. The van der Waals surface area contributed by atoms with Gasteiger partial charge < -0.3 is 15.2 Å². The van der Waals surface area contributed by atoms with Crippen LogP contribution in [0.4, 0.5) is 5.69 Å². The van der Waals surface area contributed by atoms with Crippen molar-refractivity contribution in [3.8, 4) is 11.5 Å². The van der Waals surface area contributed by atoms with Gasteiger partial charge >= 0.3 is 0 Å². The normalized spacial score (nSPS) is 10.6. The predicted molar refractivity (Wildman–Crippen MR) is 88.1 cm³/mol. The van der Waals surface area contributed by atoms with Gasteiger partial charge in [-0.15, -0.1) is 0 Å². The SMILES string of the molecule is CCOc1ccc(/C=C/C(=O)Nc2cc(C)ccc2O)cc1. The Balaban J connectivity index is 2.00. The predicted octanol–water partition coefficient (Wildman–Crippen LogP) is 3.75. The first-order valence-corrected chi connectivity index (χ1v) is 7.10. The standard InChI is InChI=1S/C18H19NO3/c1-3-22-15-8-5-14(6-9-15)7-11-18(21)19-16-12-13(2)4-10-17(16)20/h4-12,20H,3H2,1-2H3,(H,19,21)/b11-7+. The molecule has 0 saturated heterocycles. The van der Waals surface area contributed by atoms with Crippen LogP contribution in [0, 0.1) is 6.92 Å². The van der Waals surface area contributed by atoms with E-state index in [-0.39, 0.29) is 11.7 Å². The van der Waals surface area contributed by atoms with Gasteiger partial charge in [-0.3, -0.25) is 4.79 Å². The number of nitrogens with one attached hydrogen (secondary N) is 1. The van der Waals surface area contributed by atoms with Crippen molar-refractivity contribution >= 4 is 17.7 Å². The van der Waals surface area contributed by atoms with Crippen molar-refractivity contribution in [2.45, 2.75) is 13.8 Å². The fourth-order valence-electron chi connectivity index (χ4n) is 1.94. The molecule has 0 aromatic heterocycles. The minimum absolute atomic E-state index is 0.0495. The van der Waals surface area contributed by atoms with Gasteiger partial charge in [0.05, 0.1) is 12.3 Å². The highest BCUT2D eigenvalue weighted by Crippen LogP contribution is 2.23. The number of hydrogen-bond donors (Lipinski definition) is 2. The highest BCUT2D eigenvalue weighted by Gasteiger charge is 2.03. The number of carbonyl (C=O) groups excluding carboxylic acids is 1. The molecule has 0 unspecified atom stereocenters. The van der Waals surface area contributed by atoms with Crippen LogP contribution in [0.5, 0.6) is 11.5 Å². The Morgan fingerprint density at radius 2 is 1.95 bits per heavy atom. The molecule has 0 aliphatic heterocycles. The largest absolute Gasteiger partial charge is 0.506 e. The number of hydrogen-bond acceptors (Lipinski definition) is 3. The van der Waals surface area contributed by atoms with Crippen molar-refractivity contribution in [1.29, 1.82) is 0 Å². The highest BCUT2D eigenvalue weighted by atomic mass is 16.5. The molecule has 0 bridgehead atoms. The van der Waals surface area contributed by atoms with Crippen LogP contribution in [-0.2, 0) is 4.79 Å². The van der Waals surface area contributed by atoms with Gasteiger partial charge in [0.2, 0.25) is 5.91 Å². The van der Waals surface area contributed by atoms with Gasteiger partial charge in [0.15, 0.2) is 0 Å². The summed E-state index contributed by atoms with van der Waals surface area (Å²) in [4.78, 5) is 11.9. The van der Waals surface area contributed by atoms with Crippen LogP contribution >= 0.6 is 0 Å². The van der Waals surface area contributed by atoms with Crippen LogP contribution in [0.25, 0.3) is 6.08 Å². The summed E-state index contributed by atoms with van der Waals surface area (Å²) < 4.78 is 5.36. The fourth-order valence-corrected chi connectivity index (χ4v) is 1.94. The molecule has 2 N–H and O–H groups in total. The Bertz CT molecular complexity index is 675.